The minimum Gasteiger partial charge on any atom is -0.341 e. The average Bonchev–Trinajstić information content (AvgIpc) is 2.84. The van der Waals surface area contributed by atoms with Crippen LogP contribution in [0.3, 0.4) is 0 Å². The van der Waals surface area contributed by atoms with Gasteiger partial charge in [-0.15, -0.1) is 0 Å². The molecule has 1 aliphatic heterocycles. The molecule has 1 amide bonds. The number of H-pyrrole nitrogens is 1. The number of halogens is 3. The topological polar surface area (TPSA) is 82.7 Å². The van der Waals surface area contributed by atoms with Gasteiger partial charge in [-0.05, 0) is 19.4 Å². The number of piperidine rings is 1. The fourth-order valence-electron chi connectivity index (χ4n) is 1.88. The quantitative estimate of drug-likeness (QED) is 0.763. The summed E-state index contributed by atoms with van der Waals surface area (Å²) in [7, 11) is 0. The van der Waals surface area contributed by atoms with Crippen molar-refractivity contribution in [2.75, 3.05) is 6.54 Å². The van der Waals surface area contributed by atoms with E-state index < -0.39 is 12.1 Å². The zero-order valence-electron chi connectivity index (χ0n) is 10.0. The van der Waals surface area contributed by atoms with Gasteiger partial charge in [0.25, 0.3) is 0 Å². The van der Waals surface area contributed by atoms with E-state index in [1.54, 1.807) is 5.32 Å². The third kappa shape index (κ3) is 3.66. The lowest BCUT2D eigenvalue weighted by molar-refractivity contribution is -0.173. The summed E-state index contributed by atoms with van der Waals surface area (Å²) < 4.78 is 35.9. The highest BCUT2D eigenvalue weighted by atomic mass is 19.4. The number of rotatable bonds is 3. The van der Waals surface area contributed by atoms with E-state index in [2.05, 4.69) is 20.5 Å². The smallest absolute Gasteiger partial charge is 0.341 e. The number of hydrogen-bond acceptors (Lipinski definition) is 4. The molecule has 9 heteroatoms. The summed E-state index contributed by atoms with van der Waals surface area (Å²) >= 11 is 0. The molecule has 2 rings (SSSR count). The van der Waals surface area contributed by atoms with Crippen LogP contribution in [0.15, 0.2) is 0 Å². The molecule has 0 radical (unpaired) electrons. The highest BCUT2D eigenvalue weighted by Crippen LogP contribution is 2.19. The van der Waals surface area contributed by atoms with Crippen LogP contribution in [0.4, 0.5) is 13.2 Å². The van der Waals surface area contributed by atoms with E-state index in [9.17, 15) is 18.0 Å². The minimum absolute atomic E-state index is 0.0251. The van der Waals surface area contributed by atoms with Crippen molar-refractivity contribution in [2.45, 2.75) is 38.0 Å². The van der Waals surface area contributed by atoms with Gasteiger partial charge in [-0.1, -0.05) is 6.42 Å². The second-order valence-corrected chi connectivity index (χ2v) is 4.32. The van der Waals surface area contributed by atoms with Crippen LogP contribution >= 0.6 is 0 Å². The molecular weight excluding hydrogens is 263 g/mol. The predicted molar refractivity (Wildman–Crippen MR) is 58.9 cm³/mol. The third-order valence-corrected chi connectivity index (χ3v) is 2.84. The Bertz CT molecular complexity index is 439. The van der Waals surface area contributed by atoms with Gasteiger partial charge in [0, 0.05) is 0 Å². The first-order valence-electron chi connectivity index (χ1n) is 5.96. The summed E-state index contributed by atoms with van der Waals surface area (Å²) in [6, 6.07) is 0.0251. The number of alkyl halides is 3. The van der Waals surface area contributed by atoms with Crippen molar-refractivity contribution in [2.24, 2.45) is 0 Å². The first-order chi connectivity index (χ1) is 8.97. The van der Waals surface area contributed by atoms with Crippen molar-refractivity contribution < 1.29 is 18.0 Å². The Morgan fingerprint density at radius 3 is 2.84 bits per heavy atom. The van der Waals surface area contributed by atoms with Crippen LogP contribution in [0, 0.1) is 0 Å². The van der Waals surface area contributed by atoms with Gasteiger partial charge in [0.15, 0.2) is 5.82 Å². The van der Waals surface area contributed by atoms with Crippen LogP contribution in [-0.4, -0.2) is 33.8 Å². The monoisotopic (exact) mass is 277 g/mol. The van der Waals surface area contributed by atoms with Crippen LogP contribution in [0.2, 0.25) is 0 Å². The molecule has 19 heavy (non-hydrogen) atoms. The first kappa shape index (κ1) is 13.8. The summed E-state index contributed by atoms with van der Waals surface area (Å²) in [5, 5.41) is 11.4. The van der Waals surface area contributed by atoms with Crippen molar-refractivity contribution in [1.82, 2.24) is 25.8 Å². The molecule has 0 saturated carbocycles. The van der Waals surface area contributed by atoms with E-state index in [-0.39, 0.29) is 18.4 Å². The SMILES string of the molecule is O=C(NCc1nc([C@@H]2CCCCN2)n[nH]1)C(F)(F)F. The van der Waals surface area contributed by atoms with Crippen molar-refractivity contribution in [1.29, 1.82) is 0 Å². The molecule has 106 valence electrons. The molecule has 1 aromatic heterocycles. The predicted octanol–water partition coefficient (Wildman–Crippen LogP) is 0.798. The summed E-state index contributed by atoms with van der Waals surface area (Å²) in [5.74, 6) is -1.25. The number of nitrogens with zero attached hydrogens (tertiary/aromatic N) is 2. The molecule has 1 saturated heterocycles. The average molecular weight is 277 g/mol. The maximum absolute atomic E-state index is 12.0. The van der Waals surface area contributed by atoms with Crippen molar-refractivity contribution in [3.8, 4) is 0 Å². The standard InChI is InChI=1S/C10H14F3N5O/c11-10(12,13)9(19)15-5-7-16-8(18-17-7)6-3-1-2-4-14-6/h6,14H,1-5H2,(H,15,19)(H,16,17,18)/t6-/m0/s1. The number of carbonyl (C=O) groups excluding carboxylic acids is 1. The second kappa shape index (κ2) is 5.55. The lowest BCUT2D eigenvalue weighted by atomic mass is 10.0. The maximum Gasteiger partial charge on any atom is 0.471 e. The van der Waals surface area contributed by atoms with Crippen LogP contribution in [0.5, 0.6) is 0 Å². The fourth-order valence-corrected chi connectivity index (χ4v) is 1.88. The van der Waals surface area contributed by atoms with Gasteiger partial charge in [-0.2, -0.15) is 18.3 Å². The molecule has 0 bridgehead atoms. The Kier molecular flexibility index (Phi) is 4.03. The van der Waals surface area contributed by atoms with E-state index in [0.717, 1.165) is 25.8 Å². The Hall–Kier alpha value is -1.64. The van der Waals surface area contributed by atoms with E-state index in [0.29, 0.717) is 5.82 Å². The molecule has 0 spiro atoms. The summed E-state index contributed by atoms with van der Waals surface area (Å²) in [6.07, 6.45) is -1.83. The molecule has 3 N–H and O–H groups in total. The molecule has 0 aliphatic carbocycles. The number of aromatic amines is 1. The molecule has 1 fully saturated rings. The van der Waals surface area contributed by atoms with Gasteiger partial charge >= 0.3 is 12.1 Å². The van der Waals surface area contributed by atoms with Gasteiger partial charge in [0.1, 0.15) is 5.82 Å². The van der Waals surface area contributed by atoms with Crippen LogP contribution in [-0.2, 0) is 11.3 Å². The molecule has 1 aromatic rings. The minimum atomic E-state index is -4.88. The van der Waals surface area contributed by atoms with Crippen molar-refractivity contribution in [3.63, 3.8) is 0 Å². The van der Waals surface area contributed by atoms with Crippen molar-refractivity contribution in [3.05, 3.63) is 11.6 Å². The number of amides is 1. The normalized spacial score (nSPS) is 20.3. The molecule has 2 heterocycles. The summed E-state index contributed by atoms with van der Waals surface area (Å²) in [6.45, 7) is 0.553. The molecule has 1 aliphatic rings. The largest absolute Gasteiger partial charge is 0.471 e. The molecule has 0 unspecified atom stereocenters. The van der Waals surface area contributed by atoms with E-state index in [4.69, 9.17) is 0 Å². The van der Waals surface area contributed by atoms with E-state index in [1.807, 2.05) is 0 Å². The lowest BCUT2D eigenvalue weighted by Crippen LogP contribution is -2.36. The van der Waals surface area contributed by atoms with E-state index in [1.165, 1.54) is 0 Å². The third-order valence-electron chi connectivity index (χ3n) is 2.84. The fraction of sp³-hybridized carbons (Fsp3) is 0.700. The molecule has 0 aromatic carbocycles. The Labute approximate surface area is 107 Å². The van der Waals surface area contributed by atoms with Crippen molar-refractivity contribution >= 4 is 5.91 Å². The summed E-state index contributed by atoms with van der Waals surface area (Å²) in [4.78, 5) is 14.7. The van der Waals surface area contributed by atoms with Crippen LogP contribution in [0.1, 0.15) is 37.0 Å². The maximum atomic E-state index is 12.0. The number of carbonyl (C=O) groups is 1. The van der Waals surface area contributed by atoms with Gasteiger partial charge in [-0.25, -0.2) is 4.98 Å². The molecule has 1 atom stereocenters. The zero-order valence-corrected chi connectivity index (χ0v) is 10.0. The Morgan fingerprint density at radius 2 is 2.21 bits per heavy atom. The lowest BCUT2D eigenvalue weighted by Gasteiger charge is -2.20. The number of aromatic nitrogens is 3. The first-order valence-corrected chi connectivity index (χ1v) is 5.96. The molecular formula is C10H14F3N5O. The highest BCUT2D eigenvalue weighted by molar-refractivity contribution is 5.81. The van der Waals surface area contributed by atoms with Gasteiger partial charge < -0.3 is 10.6 Å². The second-order valence-electron chi connectivity index (χ2n) is 4.32. The van der Waals surface area contributed by atoms with E-state index >= 15 is 0 Å². The van der Waals surface area contributed by atoms with Gasteiger partial charge in [0.05, 0.1) is 12.6 Å². The number of hydrogen-bond donors (Lipinski definition) is 3. The van der Waals surface area contributed by atoms with Gasteiger partial charge in [-0.3, -0.25) is 9.89 Å². The van der Waals surface area contributed by atoms with Gasteiger partial charge in [0.2, 0.25) is 0 Å². The summed E-state index contributed by atoms with van der Waals surface area (Å²) in [5.41, 5.74) is 0. The molecule has 6 nitrogen and oxygen atoms in total. The highest BCUT2D eigenvalue weighted by Gasteiger charge is 2.38. The zero-order chi connectivity index (χ0) is 13.9. The Balaban J connectivity index is 1.89. The number of nitrogens with one attached hydrogen (secondary N) is 3. The Morgan fingerprint density at radius 1 is 1.42 bits per heavy atom. The van der Waals surface area contributed by atoms with Crippen LogP contribution < -0.4 is 10.6 Å². The van der Waals surface area contributed by atoms with Crippen LogP contribution in [0.25, 0.3) is 0 Å².